The summed E-state index contributed by atoms with van der Waals surface area (Å²) in [7, 11) is 3.10. The summed E-state index contributed by atoms with van der Waals surface area (Å²) in [5.41, 5.74) is 1.32. The third-order valence-electron chi connectivity index (χ3n) is 4.58. The fourth-order valence-electron chi connectivity index (χ4n) is 3.10. The Morgan fingerprint density at radius 2 is 1.93 bits per heavy atom. The average molecular weight is 394 g/mol. The number of nitrogens with two attached hydrogens (primary N) is 1. The maximum atomic E-state index is 12.4. The van der Waals surface area contributed by atoms with Crippen LogP contribution in [0.25, 0.3) is 11.2 Å². The number of phenols is 1. The summed E-state index contributed by atoms with van der Waals surface area (Å²) >= 11 is 0. The third-order valence-corrected chi connectivity index (χ3v) is 4.58. The number of aromatic nitrogens is 4. The molecule has 0 saturated carbocycles. The molecule has 2 aromatic heterocycles. The minimum absolute atomic E-state index is 0. The maximum Gasteiger partial charge on any atom is 0.332 e. The van der Waals surface area contributed by atoms with Gasteiger partial charge in [0, 0.05) is 20.5 Å². The molecule has 0 spiro atoms. The molecule has 2 heterocycles. The number of imidazole rings is 1. The van der Waals surface area contributed by atoms with Crippen molar-refractivity contribution in [2.45, 2.75) is 19.4 Å². The number of fused-ring (bicyclic) bond motifs is 1. The number of halogens is 1. The van der Waals surface area contributed by atoms with Crippen molar-refractivity contribution in [3.8, 4) is 5.75 Å². The number of hydrogen-bond donors (Lipinski definition) is 2. The van der Waals surface area contributed by atoms with E-state index in [2.05, 4.69) is 10.3 Å². The summed E-state index contributed by atoms with van der Waals surface area (Å²) < 4.78 is 4.31. The van der Waals surface area contributed by atoms with Gasteiger partial charge in [0.1, 0.15) is 5.75 Å². The Kier molecular flexibility index (Phi) is 6.81. The Morgan fingerprint density at radius 3 is 2.67 bits per heavy atom. The normalized spacial score (nSPS) is 10.9. The number of benzene rings is 1. The van der Waals surface area contributed by atoms with E-state index in [0.29, 0.717) is 23.5 Å². The fourth-order valence-corrected chi connectivity index (χ4v) is 3.10. The van der Waals surface area contributed by atoms with Gasteiger partial charge in [0.25, 0.3) is 5.56 Å². The van der Waals surface area contributed by atoms with E-state index in [-0.39, 0.29) is 23.7 Å². The van der Waals surface area contributed by atoms with Crippen LogP contribution in [0.15, 0.2) is 40.2 Å². The number of rotatable bonds is 7. The Morgan fingerprint density at radius 1 is 1.15 bits per heavy atom. The number of aryl methyl sites for hydroxylation is 2. The molecule has 0 saturated heterocycles. The topological polar surface area (TPSA) is 98.7 Å². The van der Waals surface area contributed by atoms with Crippen LogP contribution in [0.3, 0.4) is 0 Å². The van der Waals surface area contributed by atoms with Gasteiger partial charge in [-0.3, -0.25) is 13.9 Å². The summed E-state index contributed by atoms with van der Waals surface area (Å²) in [5.74, 6) is 0.300. The zero-order chi connectivity index (χ0) is 18.7. The zero-order valence-electron chi connectivity index (χ0n) is 15.4. The minimum atomic E-state index is -0.369. The van der Waals surface area contributed by atoms with Crippen LogP contribution in [0.2, 0.25) is 0 Å². The lowest BCUT2D eigenvalue weighted by atomic mass is 10.1. The molecule has 0 aliphatic heterocycles. The zero-order valence-corrected chi connectivity index (χ0v) is 16.2. The van der Waals surface area contributed by atoms with Crippen molar-refractivity contribution in [3.05, 3.63) is 57.0 Å². The van der Waals surface area contributed by atoms with Crippen LogP contribution in [-0.2, 0) is 27.1 Å². The van der Waals surface area contributed by atoms with Gasteiger partial charge in [-0.05, 0) is 24.1 Å². The highest BCUT2D eigenvalue weighted by atomic mass is 35.5. The van der Waals surface area contributed by atoms with Crippen LogP contribution >= 0.6 is 0 Å². The second kappa shape index (κ2) is 8.88. The van der Waals surface area contributed by atoms with Crippen molar-refractivity contribution in [1.29, 1.82) is 0 Å². The van der Waals surface area contributed by atoms with Crippen molar-refractivity contribution < 1.29 is 22.8 Å². The molecule has 8 nitrogen and oxygen atoms in total. The standard InChI is InChI=1S/C18H23N5O3.ClH/c1-21-16-15(17(25)22(2)18(21)26)23(12-20-16)10-9-19-8-4-6-13-5-3-7-14(24)11-13;/h3,5,7,11-12,19,24H,4,6,8-10H2,1-2H3;1H. The third kappa shape index (κ3) is 4.40. The summed E-state index contributed by atoms with van der Waals surface area (Å²) in [6.07, 6.45) is 3.54. The molecule has 0 amide bonds. The second-order valence-electron chi connectivity index (χ2n) is 6.46. The van der Waals surface area contributed by atoms with Gasteiger partial charge in [-0.25, -0.2) is 9.78 Å². The number of nitrogens with zero attached hydrogens (tertiary/aromatic N) is 4. The summed E-state index contributed by atoms with van der Waals surface area (Å²) in [4.78, 5) is 28.5. The van der Waals surface area contributed by atoms with Gasteiger partial charge >= 0.3 is 5.69 Å². The average Bonchev–Trinajstić information content (AvgIpc) is 3.05. The van der Waals surface area contributed by atoms with Crippen molar-refractivity contribution in [1.82, 2.24) is 18.7 Å². The van der Waals surface area contributed by atoms with Gasteiger partial charge in [0.2, 0.25) is 0 Å². The highest BCUT2D eigenvalue weighted by Gasteiger charge is 2.14. The van der Waals surface area contributed by atoms with Crippen molar-refractivity contribution in [3.63, 3.8) is 0 Å². The number of quaternary nitrogens is 1. The molecule has 27 heavy (non-hydrogen) atoms. The molecule has 0 aliphatic rings. The molecule has 146 valence electrons. The van der Waals surface area contributed by atoms with Gasteiger partial charge < -0.3 is 27.4 Å². The lowest BCUT2D eigenvalue weighted by molar-refractivity contribution is -0.655. The predicted molar refractivity (Wildman–Crippen MR) is 98.3 cm³/mol. The molecule has 0 radical (unpaired) electrons. The molecular weight excluding hydrogens is 370 g/mol. The second-order valence-corrected chi connectivity index (χ2v) is 6.46. The first kappa shape index (κ1) is 20.7. The first-order valence-corrected chi connectivity index (χ1v) is 8.69. The van der Waals surface area contributed by atoms with Crippen LogP contribution < -0.4 is 29.0 Å². The first-order chi connectivity index (χ1) is 12.5. The molecule has 3 rings (SSSR count). The van der Waals surface area contributed by atoms with Gasteiger partial charge in [-0.2, -0.15) is 0 Å². The van der Waals surface area contributed by atoms with Gasteiger partial charge in [-0.1, -0.05) is 12.1 Å². The fraction of sp³-hybridized carbons (Fsp3) is 0.389. The largest absolute Gasteiger partial charge is 1.00 e. The van der Waals surface area contributed by atoms with E-state index in [0.717, 1.165) is 36.1 Å². The van der Waals surface area contributed by atoms with Crippen LogP contribution in [0, 0.1) is 0 Å². The quantitative estimate of drug-likeness (QED) is 0.404. The Bertz CT molecular complexity index is 1040. The monoisotopic (exact) mass is 393 g/mol. The van der Waals surface area contributed by atoms with E-state index in [9.17, 15) is 14.7 Å². The summed E-state index contributed by atoms with van der Waals surface area (Å²) in [6, 6.07) is 7.33. The van der Waals surface area contributed by atoms with Crippen molar-refractivity contribution in [2.24, 2.45) is 14.1 Å². The van der Waals surface area contributed by atoms with E-state index in [1.54, 1.807) is 25.5 Å². The van der Waals surface area contributed by atoms with E-state index in [1.165, 1.54) is 11.6 Å². The number of hydrogen-bond acceptors (Lipinski definition) is 4. The Hall–Kier alpha value is -2.58. The van der Waals surface area contributed by atoms with Crippen LogP contribution in [0.4, 0.5) is 0 Å². The molecular formula is C18H24ClN5O3. The molecule has 1 aromatic carbocycles. The van der Waals surface area contributed by atoms with E-state index >= 15 is 0 Å². The lowest BCUT2D eigenvalue weighted by Crippen LogP contribution is -3.00. The highest BCUT2D eigenvalue weighted by molar-refractivity contribution is 5.69. The van der Waals surface area contributed by atoms with Crippen LogP contribution in [-0.4, -0.2) is 36.9 Å². The molecule has 9 heteroatoms. The molecule has 0 bridgehead atoms. The smallest absolute Gasteiger partial charge is 0.332 e. The van der Waals surface area contributed by atoms with Gasteiger partial charge in [0.05, 0.1) is 26.0 Å². The molecule has 0 atom stereocenters. The number of aromatic hydroxyl groups is 1. The van der Waals surface area contributed by atoms with Gasteiger partial charge in [-0.15, -0.1) is 0 Å². The Labute approximate surface area is 162 Å². The first-order valence-electron chi connectivity index (χ1n) is 8.69. The van der Waals surface area contributed by atoms with Crippen molar-refractivity contribution >= 4 is 11.2 Å². The molecule has 0 fully saturated rings. The Balaban J connectivity index is 0.00000261. The van der Waals surface area contributed by atoms with E-state index in [1.807, 2.05) is 16.7 Å². The molecule has 0 unspecified atom stereocenters. The molecule has 3 aromatic rings. The SMILES string of the molecule is Cn1c(=O)c2c(ncn2CC[NH2+]CCCc2cccc(O)c2)n(C)c1=O.[Cl-]. The van der Waals surface area contributed by atoms with E-state index in [4.69, 9.17) is 0 Å². The summed E-state index contributed by atoms with van der Waals surface area (Å²) in [5, 5.41) is 11.7. The molecule has 0 aliphatic carbocycles. The van der Waals surface area contributed by atoms with Crippen molar-refractivity contribution in [2.75, 3.05) is 13.1 Å². The number of phenolic OH excluding ortho intramolecular Hbond substituents is 1. The molecule has 3 N–H and O–H groups in total. The van der Waals surface area contributed by atoms with Crippen LogP contribution in [0.5, 0.6) is 5.75 Å². The van der Waals surface area contributed by atoms with E-state index < -0.39 is 0 Å². The van der Waals surface area contributed by atoms with Gasteiger partial charge in [0.15, 0.2) is 11.2 Å². The van der Waals surface area contributed by atoms with Crippen LogP contribution in [0.1, 0.15) is 12.0 Å². The summed E-state index contributed by atoms with van der Waals surface area (Å²) in [6.45, 7) is 2.42. The maximum absolute atomic E-state index is 12.4. The lowest BCUT2D eigenvalue weighted by Gasteiger charge is -2.06. The minimum Gasteiger partial charge on any atom is -1.00 e. The highest BCUT2D eigenvalue weighted by Crippen LogP contribution is 2.11. The predicted octanol–water partition coefficient (Wildman–Crippen LogP) is -3.66.